The van der Waals surface area contributed by atoms with Crippen molar-refractivity contribution < 1.29 is 5.11 Å². The number of aliphatic hydroxyl groups excluding tert-OH is 1. The van der Waals surface area contributed by atoms with Gasteiger partial charge in [0.25, 0.3) is 0 Å². The summed E-state index contributed by atoms with van der Waals surface area (Å²) in [5.41, 5.74) is 3.80. The molecule has 0 aromatic heterocycles. The molecular formula is C18H21NO. The summed E-state index contributed by atoms with van der Waals surface area (Å²) in [6.45, 7) is 2.18. The molecule has 0 aliphatic heterocycles. The van der Waals surface area contributed by atoms with E-state index in [0.29, 0.717) is 12.1 Å². The molecule has 3 rings (SSSR count). The van der Waals surface area contributed by atoms with Gasteiger partial charge >= 0.3 is 0 Å². The highest BCUT2D eigenvalue weighted by atomic mass is 16.3. The lowest BCUT2D eigenvalue weighted by molar-refractivity contribution is 0.0586. The Morgan fingerprint density at radius 3 is 2.15 bits per heavy atom. The van der Waals surface area contributed by atoms with Crippen molar-refractivity contribution in [2.75, 3.05) is 0 Å². The molecule has 1 atom stereocenters. The Bertz CT molecular complexity index is 543. The van der Waals surface area contributed by atoms with Crippen molar-refractivity contribution >= 4 is 0 Å². The first kappa shape index (κ1) is 13.3. The summed E-state index contributed by atoms with van der Waals surface area (Å²) in [5, 5.41) is 12.9. The Morgan fingerprint density at radius 2 is 1.55 bits per heavy atom. The van der Waals surface area contributed by atoms with Crippen molar-refractivity contribution in [3.8, 4) is 11.1 Å². The zero-order valence-corrected chi connectivity index (χ0v) is 11.8. The Kier molecular flexibility index (Phi) is 3.86. The van der Waals surface area contributed by atoms with Crippen LogP contribution in [0.5, 0.6) is 0 Å². The third-order valence-electron chi connectivity index (χ3n) is 4.12. The predicted octanol–water partition coefficient (Wildman–Crippen LogP) is 3.53. The number of aliphatic hydroxyl groups is 1. The van der Waals surface area contributed by atoms with Gasteiger partial charge < -0.3 is 10.4 Å². The summed E-state index contributed by atoms with van der Waals surface area (Å²) in [5.74, 6) is 0. The molecule has 20 heavy (non-hydrogen) atoms. The van der Waals surface area contributed by atoms with Crippen LogP contribution in [0.1, 0.15) is 31.4 Å². The average molecular weight is 267 g/mol. The molecular weight excluding hydrogens is 246 g/mol. The van der Waals surface area contributed by atoms with E-state index >= 15 is 0 Å². The summed E-state index contributed by atoms with van der Waals surface area (Å²) in [4.78, 5) is 0. The lowest BCUT2D eigenvalue weighted by Crippen LogP contribution is -2.44. The van der Waals surface area contributed by atoms with Gasteiger partial charge in [0.05, 0.1) is 6.10 Å². The molecule has 0 radical (unpaired) electrons. The van der Waals surface area contributed by atoms with Crippen LogP contribution in [-0.4, -0.2) is 17.3 Å². The van der Waals surface area contributed by atoms with Crippen molar-refractivity contribution in [1.82, 2.24) is 5.32 Å². The zero-order valence-electron chi connectivity index (χ0n) is 11.8. The lowest BCUT2D eigenvalue weighted by Gasteiger charge is -2.34. The summed E-state index contributed by atoms with van der Waals surface area (Å²) < 4.78 is 0. The van der Waals surface area contributed by atoms with Crippen molar-refractivity contribution in [2.45, 2.75) is 38.0 Å². The van der Waals surface area contributed by atoms with Crippen LogP contribution in [0.2, 0.25) is 0 Å². The minimum atomic E-state index is -0.0971. The molecule has 1 aliphatic rings. The van der Waals surface area contributed by atoms with E-state index in [1.807, 2.05) is 6.07 Å². The lowest BCUT2D eigenvalue weighted by atomic mass is 9.88. The molecule has 104 valence electrons. The topological polar surface area (TPSA) is 32.3 Å². The molecule has 2 N–H and O–H groups in total. The minimum Gasteiger partial charge on any atom is -0.393 e. The van der Waals surface area contributed by atoms with Crippen LogP contribution in [0.25, 0.3) is 11.1 Å². The molecule has 2 heteroatoms. The first-order valence-electron chi connectivity index (χ1n) is 7.32. The van der Waals surface area contributed by atoms with Crippen LogP contribution in [0, 0.1) is 0 Å². The van der Waals surface area contributed by atoms with Crippen molar-refractivity contribution in [2.24, 2.45) is 0 Å². The number of nitrogens with one attached hydrogen (secondary N) is 1. The van der Waals surface area contributed by atoms with Crippen LogP contribution in [-0.2, 0) is 0 Å². The maximum absolute atomic E-state index is 9.32. The predicted molar refractivity (Wildman–Crippen MR) is 82.5 cm³/mol. The molecule has 0 heterocycles. The van der Waals surface area contributed by atoms with Crippen molar-refractivity contribution in [1.29, 1.82) is 0 Å². The van der Waals surface area contributed by atoms with Gasteiger partial charge in [-0.1, -0.05) is 54.6 Å². The largest absolute Gasteiger partial charge is 0.393 e. The number of rotatable bonds is 4. The smallest absolute Gasteiger partial charge is 0.0570 e. The maximum atomic E-state index is 9.32. The number of benzene rings is 2. The fourth-order valence-corrected chi connectivity index (χ4v) is 2.77. The molecule has 1 unspecified atom stereocenters. The van der Waals surface area contributed by atoms with Gasteiger partial charge in [-0.3, -0.25) is 0 Å². The average Bonchev–Trinajstić information content (AvgIpc) is 2.47. The third-order valence-corrected chi connectivity index (χ3v) is 4.12. The quantitative estimate of drug-likeness (QED) is 0.888. The van der Waals surface area contributed by atoms with Crippen LogP contribution < -0.4 is 5.32 Å². The molecule has 2 nitrogen and oxygen atoms in total. The van der Waals surface area contributed by atoms with Gasteiger partial charge in [0.1, 0.15) is 0 Å². The first-order chi connectivity index (χ1) is 9.72. The Balaban J connectivity index is 1.66. The maximum Gasteiger partial charge on any atom is 0.0570 e. The van der Waals surface area contributed by atoms with E-state index < -0.39 is 0 Å². The minimum absolute atomic E-state index is 0.0971. The van der Waals surface area contributed by atoms with Gasteiger partial charge in [0, 0.05) is 12.1 Å². The van der Waals surface area contributed by atoms with E-state index in [1.54, 1.807) is 0 Å². The number of hydrogen-bond acceptors (Lipinski definition) is 2. The van der Waals surface area contributed by atoms with E-state index in [1.165, 1.54) is 16.7 Å². The molecule has 2 aromatic rings. The Labute approximate surface area is 120 Å². The molecule has 0 amide bonds. The standard InChI is InChI=1S/C18H21NO/c1-13(19-17-11-18(20)12-17)14-7-9-16(10-8-14)15-5-3-2-4-6-15/h2-10,13,17-20H,11-12H2,1H3. The molecule has 1 saturated carbocycles. The monoisotopic (exact) mass is 267 g/mol. The normalized spacial score (nSPS) is 23.1. The highest BCUT2D eigenvalue weighted by molar-refractivity contribution is 5.63. The van der Waals surface area contributed by atoms with Crippen molar-refractivity contribution in [3.63, 3.8) is 0 Å². The Morgan fingerprint density at radius 1 is 0.950 bits per heavy atom. The molecule has 1 aliphatic carbocycles. The molecule has 0 saturated heterocycles. The summed E-state index contributed by atoms with van der Waals surface area (Å²) >= 11 is 0. The molecule has 2 aromatic carbocycles. The fraction of sp³-hybridized carbons (Fsp3) is 0.333. The van der Waals surface area contributed by atoms with E-state index in [4.69, 9.17) is 0 Å². The zero-order chi connectivity index (χ0) is 13.9. The van der Waals surface area contributed by atoms with Gasteiger partial charge in [-0.15, -0.1) is 0 Å². The van der Waals surface area contributed by atoms with Crippen LogP contribution in [0.4, 0.5) is 0 Å². The molecule has 0 bridgehead atoms. The van der Waals surface area contributed by atoms with E-state index in [9.17, 15) is 5.11 Å². The highest BCUT2D eigenvalue weighted by Gasteiger charge is 2.28. The summed E-state index contributed by atoms with van der Waals surface area (Å²) in [6.07, 6.45) is 1.67. The van der Waals surface area contributed by atoms with Gasteiger partial charge in [0.15, 0.2) is 0 Å². The second-order valence-corrected chi connectivity index (χ2v) is 5.70. The first-order valence-corrected chi connectivity index (χ1v) is 7.32. The second-order valence-electron chi connectivity index (χ2n) is 5.70. The van der Waals surface area contributed by atoms with Crippen LogP contribution >= 0.6 is 0 Å². The SMILES string of the molecule is CC(NC1CC(O)C1)c1ccc(-c2ccccc2)cc1. The summed E-state index contributed by atoms with van der Waals surface area (Å²) in [6, 6.07) is 20.0. The van der Waals surface area contributed by atoms with Crippen LogP contribution in [0.15, 0.2) is 54.6 Å². The van der Waals surface area contributed by atoms with Gasteiger partial charge in [-0.05, 0) is 36.5 Å². The van der Waals surface area contributed by atoms with E-state index in [-0.39, 0.29) is 6.10 Å². The Hall–Kier alpha value is -1.64. The van der Waals surface area contributed by atoms with Crippen LogP contribution in [0.3, 0.4) is 0 Å². The van der Waals surface area contributed by atoms with Gasteiger partial charge in [0.2, 0.25) is 0 Å². The molecule has 1 fully saturated rings. The highest BCUT2D eigenvalue weighted by Crippen LogP contribution is 2.25. The van der Waals surface area contributed by atoms with E-state index in [2.05, 4.69) is 60.8 Å². The van der Waals surface area contributed by atoms with Gasteiger partial charge in [-0.2, -0.15) is 0 Å². The van der Waals surface area contributed by atoms with Crippen molar-refractivity contribution in [3.05, 3.63) is 60.2 Å². The van der Waals surface area contributed by atoms with Gasteiger partial charge in [-0.25, -0.2) is 0 Å². The second kappa shape index (κ2) is 5.78. The van der Waals surface area contributed by atoms with E-state index in [0.717, 1.165) is 12.8 Å². The number of hydrogen-bond donors (Lipinski definition) is 2. The summed E-state index contributed by atoms with van der Waals surface area (Å²) in [7, 11) is 0. The molecule has 0 spiro atoms. The fourth-order valence-electron chi connectivity index (χ4n) is 2.77. The third kappa shape index (κ3) is 2.92.